The van der Waals surface area contributed by atoms with Crippen molar-refractivity contribution >= 4 is 34.4 Å². The largest absolute Gasteiger partial charge is 0.481 e. The van der Waals surface area contributed by atoms with Gasteiger partial charge in [0.2, 0.25) is 0 Å². The maximum atomic E-state index is 11.8. The van der Waals surface area contributed by atoms with E-state index in [9.17, 15) is 9.59 Å². The number of nitrogens with two attached hydrogens (primary N) is 1. The lowest BCUT2D eigenvalue weighted by Crippen LogP contribution is -2.16. The predicted molar refractivity (Wildman–Crippen MR) is 92.8 cm³/mol. The molecule has 0 saturated heterocycles. The molecule has 0 atom stereocenters. The Kier molecular flexibility index (Phi) is 4.27. The van der Waals surface area contributed by atoms with Gasteiger partial charge in [-0.2, -0.15) is 0 Å². The Morgan fingerprint density at radius 3 is 2.62 bits per heavy atom. The number of nitrogens with zero attached hydrogens (tertiary/aromatic N) is 1. The number of rotatable bonds is 5. The molecular weight excluding hydrogens is 328 g/mol. The van der Waals surface area contributed by atoms with E-state index in [-0.39, 0.29) is 6.42 Å². The van der Waals surface area contributed by atoms with Crippen LogP contribution in [0.5, 0.6) is 0 Å². The number of carbonyl (C=O) groups is 2. The third-order valence-corrected chi connectivity index (χ3v) is 4.05. The fourth-order valence-electron chi connectivity index (χ4n) is 2.74. The van der Waals surface area contributed by atoms with Crippen molar-refractivity contribution in [1.82, 2.24) is 4.57 Å². The minimum atomic E-state index is -0.851. The molecule has 3 aromatic rings. The van der Waals surface area contributed by atoms with E-state index in [1.165, 1.54) is 0 Å². The number of benzene rings is 2. The summed E-state index contributed by atoms with van der Waals surface area (Å²) < 4.78 is 1.74. The van der Waals surface area contributed by atoms with E-state index in [0.717, 1.165) is 22.2 Å². The van der Waals surface area contributed by atoms with Crippen LogP contribution < -0.4 is 5.73 Å². The van der Waals surface area contributed by atoms with Gasteiger partial charge in [-0.25, -0.2) is 0 Å². The lowest BCUT2D eigenvalue weighted by atomic mass is 10.1. The number of hydrogen-bond donors (Lipinski definition) is 2. The fraction of sp³-hybridized carbons (Fsp3) is 0.111. The smallest absolute Gasteiger partial charge is 0.303 e. The molecule has 1 aromatic heterocycles. The zero-order chi connectivity index (χ0) is 17.3. The molecule has 3 rings (SSSR count). The van der Waals surface area contributed by atoms with Gasteiger partial charge in [0.15, 0.2) is 0 Å². The van der Waals surface area contributed by atoms with Crippen LogP contribution in [-0.4, -0.2) is 21.6 Å². The van der Waals surface area contributed by atoms with Crippen LogP contribution in [0.1, 0.15) is 22.5 Å². The van der Waals surface area contributed by atoms with Crippen LogP contribution in [0.15, 0.2) is 48.5 Å². The molecule has 3 N–H and O–H groups in total. The lowest BCUT2D eigenvalue weighted by Gasteiger charge is -2.11. The molecule has 6 heteroatoms. The summed E-state index contributed by atoms with van der Waals surface area (Å²) in [5.74, 6) is -1.39. The molecule has 0 aliphatic carbocycles. The molecule has 0 spiro atoms. The highest BCUT2D eigenvalue weighted by molar-refractivity contribution is 6.31. The minimum absolute atomic E-state index is 0.0460. The van der Waals surface area contributed by atoms with Crippen molar-refractivity contribution in [3.05, 3.63) is 64.8 Å². The molecule has 0 unspecified atom stereocenters. The van der Waals surface area contributed by atoms with Crippen LogP contribution in [0, 0.1) is 0 Å². The highest BCUT2D eigenvalue weighted by atomic mass is 35.5. The molecule has 0 radical (unpaired) electrons. The van der Waals surface area contributed by atoms with Crippen LogP contribution in [0.4, 0.5) is 0 Å². The van der Waals surface area contributed by atoms with Crippen molar-refractivity contribution in [2.75, 3.05) is 0 Å². The molecule has 0 aliphatic rings. The van der Waals surface area contributed by atoms with Gasteiger partial charge in [-0.3, -0.25) is 9.59 Å². The van der Waals surface area contributed by atoms with Crippen molar-refractivity contribution < 1.29 is 14.7 Å². The highest BCUT2D eigenvalue weighted by Crippen LogP contribution is 2.27. The number of carboxylic acids is 1. The van der Waals surface area contributed by atoms with Crippen molar-refractivity contribution in [3.8, 4) is 5.69 Å². The number of carbonyl (C=O) groups excluding carboxylic acids is 1. The maximum Gasteiger partial charge on any atom is 0.303 e. The first kappa shape index (κ1) is 16.1. The number of carboxylic acid groups (broad SMARTS) is 1. The number of hydrogen-bond acceptors (Lipinski definition) is 2. The molecule has 24 heavy (non-hydrogen) atoms. The van der Waals surface area contributed by atoms with Gasteiger partial charge in [0.05, 0.1) is 5.52 Å². The number of amides is 1. The summed E-state index contributed by atoms with van der Waals surface area (Å²) in [6.45, 7) is 0. The van der Waals surface area contributed by atoms with Crippen LogP contribution in [0.3, 0.4) is 0 Å². The average molecular weight is 343 g/mol. The van der Waals surface area contributed by atoms with Crippen molar-refractivity contribution in [1.29, 1.82) is 0 Å². The Labute approximate surface area is 143 Å². The first-order valence-electron chi connectivity index (χ1n) is 7.37. The van der Waals surface area contributed by atoms with Gasteiger partial charge in [-0.05, 0) is 42.3 Å². The monoisotopic (exact) mass is 342 g/mol. The van der Waals surface area contributed by atoms with E-state index < -0.39 is 11.9 Å². The first-order valence-corrected chi connectivity index (χ1v) is 7.75. The summed E-state index contributed by atoms with van der Waals surface area (Å²) in [7, 11) is 0. The first-order chi connectivity index (χ1) is 11.5. The highest BCUT2D eigenvalue weighted by Gasteiger charge is 2.15. The van der Waals surface area contributed by atoms with Crippen molar-refractivity contribution in [2.45, 2.75) is 12.8 Å². The quantitative estimate of drug-likeness (QED) is 0.745. The molecule has 0 aliphatic heterocycles. The second kappa shape index (κ2) is 6.37. The Morgan fingerprint density at radius 1 is 1.12 bits per heavy atom. The van der Waals surface area contributed by atoms with E-state index in [1.807, 2.05) is 30.3 Å². The third-order valence-electron chi connectivity index (χ3n) is 3.82. The number of aryl methyl sites for hydroxylation is 1. The number of fused-ring (bicyclic) bond motifs is 1. The summed E-state index contributed by atoms with van der Waals surface area (Å²) in [4.78, 5) is 22.6. The molecule has 0 bridgehead atoms. The zero-order valence-electron chi connectivity index (χ0n) is 12.7. The van der Waals surface area contributed by atoms with Crippen LogP contribution in [0.2, 0.25) is 5.02 Å². The standard InChI is InChI=1S/C18H15ClN2O3/c19-13-6-5-12-9-16(18(20)24)21(15(12)10-13)14-3-1-2-11(8-14)4-7-17(22)23/h1-3,5-6,8-10H,4,7H2,(H2,20,24)(H,22,23). The maximum absolute atomic E-state index is 11.8. The average Bonchev–Trinajstić information content (AvgIpc) is 2.92. The van der Waals surface area contributed by atoms with Crippen LogP contribution >= 0.6 is 11.6 Å². The van der Waals surface area contributed by atoms with E-state index >= 15 is 0 Å². The van der Waals surface area contributed by atoms with E-state index in [4.69, 9.17) is 22.4 Å². The predicted octanol–water partition coefficient (Wildman–Crippen LogP) is 3.40. The second-order valence-corrected chi connectivity index (χ2v) is 5.93. The van der Waals surface area contributed by atoms with Crippen molar-refractivity contribution in [2.24, 2.45) is 5.73 Å². The minimum Gasteiger partial charge on any atom is -0.481 e. The van der Waals surface area contributed by atoms with Gasteiger partial charge in [0.25, 0.3) is 5.91 Å². The summed E-state index contributed by atoms with van der Waals surface area (Å²) in [5, 5.41) is 10.2. The van der Waals surface area contributed by atoms with Gasteiger partial charge in [-0.1, -0.05) is 29.8 Å². The number of halogens is 1. The van der Waals surface area contributed by atoms with Crippen LogP contribution in [0.25, 0.3) is 16.6 Å². The van der Waals surface area contributed by atoms with Crippen molar-refractivity contribution in [3.63, 3.8) is 0 Å². The molecule has 0 saturated carbocycles. The van der Waals surface area contributed by atoms with Gasteiger partial charge in [-0.15, -0.1) is 0 Å². The van der Waals surface area contributed by atoms with E-state index in [2.05, 4.69) is 0 Å². The van der Waals surface area contributed by atoms with E-state index in [0.29, 0.717) is 17.1 Å². The van der Waals surface area contributed by atoms with E-state index in [1.54, 1.807) is 22.8 Å². The summed E-state index contributed by atoms with van der Waals surface area (Å²) in [6.07, 6.45) is 0.458. The second-order valence-electron chi connectivity index (χ2n) is 5.50. The Morgan fingerprint density at radius 2 is 1.92 bits per heavy atom. The summed E-state index contributed by atoms with van der Waals surface area (Å²) in [5.41, 5.74) is 8.25. The summed E-state index contributed by atoms with van der Waals surface area (Å²) in [6, 6.07) is 14.5. The Hall–Kier alpha value is -2.79. The molecule has 1 amide bonds. The van der Waals surface area contributed by atoms with Crippen LogP contribution in [-0.2, 0) is 11.2 Å². The summed E-state index contributed by atoms with van der Waals surface area (Å²) >= 11 is 6.09. The molecule has 5 nitrogen and oxygen atoms in total. The molecule has 122 valence electrons. The fourth-order valence-corrected chi connectivity index (χ4v) is 2.90. The lowest BCUT2D eigenvalue weighted by molar-refractivity contribution is -0.136. The zero-order valence-corrected chi connectivity index (χ0v) is 13.5. The number of primary amides is 1. The molecule has 0 fully saturated rings. The topological polar surface area (TPSA) is 85.3 Å². The molecule has 1 heterocycles. The van der Waals surface area contributed by atoms with Gasteiger partial charge >= 0.3 is 5.97 Å². The van der Waals surface area contributed by atoms with Gasteiger partial charge in [0, 0.05) is 22.5 Å². The normalized spacial score (nSPS) is 10.9. The molecular formula is C18H15ClN2O3. The van der Waals surface area contributed by atoms with Gasteiger partial charge < -0.3 is 15.4 Å². The van der Waals surface area contributed by atoms with Gasteiger partial charge in [0.1, 0.15) is 5.69 Å². The third kappa shape index (κ3) is 3.12. The Bertz CT molecular complexity index is 947. The molecule has 2 aromatic carbocycles. The number of aromatic nitrogens is 1. The SMILES string of the molecule is NC(=O)c1cc2ccc(Cl)cc2n1-c1cccc(CCC(=O)O)c1. The Balaban J connectivity index is 2.16. The number of aliphatic carboxylic acids is 1.